The molecule has 1 saturated heterocycles. The van der Waals surface area contributed by atoms with E-state index < -0.39 is 29.9 Å². The van der Waals surface area contributed by atoms with Crippen LogP contribution >= 0.6 is 11.3 Å². The number of aliphatic carboxylic acids is 1. The second-order valence-corrected chi connectivity index (χ2v) is 8.30. The lowest BCUT2D eigenvalue weighted by Crippen LogP contribution is -2.44. The zero-order valence-electron chi connectivity index (χ0n) is 16.2. The van der Waals surface area contributed by atoms with Crippen LogP contribution in [0.5, 0.6) is 0 Å². The van der Waals surface area contributed by atoms with Crippen molar-refractivity contribution in [1.82, 2.24) is 4.90 Å². The number of carboxylic acids is 1. The van der Waals surface area contributed by atoms with Crippen LogP contribution in [0.2, 0.25) is 0 Å². The molecule has 2 heterocycles. The Kier molecular flexibility index (Phi) is 5.81. The van der Waals surface area contributed by atoms with Gasteiger partial charge in [-0.1, -0.05) is 48.5 Å². The Labute approximate surface area is 177 Å². The topological polar surface area (TPSA) is 83.9 Å². The Morgan fingerprint density at radius 1 is 1.13 bits per heavy atom. The highest BCUT2D eigenvalue weighted by Gasteiger charge is 2.41. The highest BCUT2D eigenvalue weighted by molar-refractivity contribution is 7.17. The number of carbonyl (C=O) groups is 3. The van der Waals surface area contributed by atoms with E-state index in [2.05, 4.69) is 0 Å². The van der Waals surface area contributed by atoms with E-state index in [1.54, 1.807) is 11.3 Å². The third kappa shape index (κ3) is 4.21. The molecule has 6 nitrogen and oxygen atoms in total. The number of benzene rings is 2. The zero-order chi connectivity index (χ0) is 21.1. The van der Waals surface area contributed by atoms with Gasteiger partial charge in [-0.15, -0.1) is 11.3 Å². The van der Waals surface area contributed by atoms with E-state index in [0.717, 1.165) is 26.1 Å². The number of fused-ring (bicyclic) bond motifs is 1. The van der Waals surface area contributed by atoms with E-state index in [9.17, 15) is 19.5 Å². The molecule has 1 aliphatic heterocycles. The van der Waals surface area contributed by atoms with Crippen molar-refractivity contribution in [3.63, 3.8) is 0 Å². The first-order valence-electron chi connectivity index (χ1n) is 9.73. The van der Waals surface area contributed by atoms with Gasteiger partial charge in [0, 0.05) is 4.70 Å². The fraction of sp³-hybridized carbons (Fsp3) is 0.261. The first-order chi connectivity index (χ1) is 14.5. The summed E-state index contributed by atoms with van der Waals surface area (Å²) in [5.74, 6) is -2.40. The number of cyclic esters (lactones) is 1. The summed E-state index contributed by atoms with van der Waals surface area (Å²) in [6.07, 6.45) is -0.312. The van der Waals surface area contributed by atoms with Gasteiger partial charge in [-0.25, -0.2) is 9.69 Å². The minimum absolute atomic E-state index is 0.112. The maximum Gasteiger partial charge on any atom is 0.416 e. The van der Waals surface area contributed by atoms with Gasteiger partial charge in [0.25, 0.3) is 0 Å². The van der Waals surface area contributed by atoms with Crippen molar-refractivity contribution in [2.45, 2.75) is 25.3 Å². The standard InChI is InChI=1S/C23H21NO5S/c25-21(26)12-16(11-17-14-30-20-9-5-4-8-19(17)20)22(27)24-18(13-29-23(24)28)10-15-6-2-1-3-7-15/h1-9,14,16,18H,10-13H2,(H,25,26)/t16-,18?/m0/s1. The summed E-state index contributed by atoms with van der Waals surface area (Å²) in [6.45, 7) is 0.112. The summed E-state index contributed by atoms with van der Waals surface area (Å²) in [7, 11) is 0. The molecule has 1 aliphatic rings. The largest absolute Gasteiger partial charge is 0.481 e. The van der Waals surface area contributed by atoms with Gasteiger partial charge in [-0.2, -0.15) is 0 Å². The monoisotopic (exact) mass is 423 g/mol. The molecule has 1 fully saturated rings. The Balaban J connectivity index is 1.58. The molecule has 0 saturated carbocycles. The highest BCUT2D eigenvalue weighted by Crippen LogP contribution is 2.30. The molecule has 1 N–H and O–H groups in total. The first kappa shape index (κ1) is 20.1. The molecule has 0 aliphatic carbocycles. The molecule has 4 rings (SSSR count). The number of carbonyl (C=O) groups excluding carboxylic acids is 2. The van der Waals surface area contributed by atoms with Crippen molar-refractivity contribution < 1.29 is 24.2 Å². The van der Waals surface area contributed by atoms with E-state index in [1.807, 2.05) is 60.0 Å². The smallest absolute Gasteiger partial charge is 0.416 e. The van der Waals surface area contributed by atoms with Gasteiger partial charge in [0.1, 0.15) is 6.61 Å². The molecule has 2 amide bonds. The molecule has 0 bridgehead atoms. The lowest BCUT2D eigenvalue weighted by Gasteiger charge is -2.24. The number of ether oxygens (including phenoxy) is 1. The fourth-order valence-electron chi connectivity index (χ4n) is 3.88. The Bertz CT molecular complexity index is 1080. The quantitative estimate of drug-likeness (QED) is 0.618. The number of carboxylic acid groups (broad SMARTS) is 1. The van der Waals surface area contributed by atoms with Crippen LogP contribution < -0.4 is 0 Å². The number of hydrogen-bond donors (Lipinski definition) is 1. The Morgan fingerprint density at radius 3 is 2.63 bits per heavy atom. The van der Waals surface area contributed by atoms with Gasteiger partial charge in [0.15, 0.2) is 0 Å². The van der Waals surface area contributed by atoms with E-state index in [0.29, 0.717) is 6.42 Å². The molecule has 2 atom stereocenters. The molecule has 0 spiro atoms. The number of hydrogen-bond acceptors (Lipinski definition) is 5. The predicted molar refractivity (Wildman–Crippen MR) is 113 cm³/mol. The van der Waals surface area contributed by atoms with Crippen LogP contribution in [0.4, 0.5) is 4.79 Å². The van der Waals surface area contributed by atoms with Crippen LogP contribution in [0, 0.1) is 5.92 Å². The summed E-state index contributed by atoms with van der Waals surface area (Å²) < 4.78 is 6.23. The molecule has 30 heavy (non-hydrogen) atoms. The second kappa shape index (κ2) is 8.67. The summed E-state index contributed by atoms with van der Waals surface area (Å²) in [4.78, 5) is 38.3. The minimum Gasteiger partial charge on any atom is -0.481 e. The van der Waals surface area contributed by atoms with Gasteiger partial charge in [-0.05, 0) is 40.8 Å². The molecule has 7 heteroatoms. The van der Waals surface area contributed by atoms with E-state index in [4.69, 9.17) is 4.74 Å². The van der Waals surface area contributed by atoms with Crippen LogP contribution in [-0.2, 0) is 27.2 Å². The normalized spacial score (nSPS) is 17.1. The molecule has 2 aromatic carbocycles. The first-order valence-corrected chi connectivity index (χ1v) is 10.6. The van der Waals surface area contributed by atoms with Crippen molar-refractivity contribution in [3.8, 4) is 0 Å². The molecule has 1 unspecified atom stereocenters. The molecule has 0 radical (unpaired) electrons. The lowest BCUT2D eigenvalue weighted by molar-refractivity contribution is -0.143. The molecular formula is C23H21NO5S. The van der Waals surface area contributed by atoms with Crippen molar-refractivity contribution in [1.29, 1.82) is 0 Å². The van der Waals surface area contributed by atoms with Gasteiger partial charge < -0.3 is 9.84 Å². The average Bonchev–Trinajstić information content (AvgIpc) is 3.31. The third-order valence-corrected chi connectivity index (χ3v) is 6.32. The van der Waals surface area contributed by atoms with Crippen molar-refractivity contribution >= 4 is 39.4 Å². The van der Waals surface area contributed by atoms with Gasteiger partial charge in [0.2, 0.25) is 5.91 Å². The molecular weight excluding hydrogens is 402 g/mol. The number of rotatable bonds is 7. The number of nitrogens with zero attached hydrogens (tertiary/aromatic N) is 1. The van der Waals surface area contributed by atoms with Crippen LogP contribution in [-0.4, -0.2) is 40.6 Å². The molecule has 154 valence electrons. The van der Waals surface area contributed by atoms with Crippen molar-refractivity contribution in [3.05, 3.63) is 71.1 Å². The second-order valence-electron chi connectivity index (χ2n) is 7.38. The molecule has 1 aromatic heterocycles. The van der Waals surface area contributed by atoms with Crippen LogP contribution in [0.25, 0.3) is 10.1 Å². The third-order valence-electron chi connectivity index (χ3n) is 5.31. The highest BCUT2D eigenvalue weighted by atomic mass is 32.1. The molecule has 3 aromatic rings. The predicted octanol–water partition coefficient (Wildman–Crippen LogP) is 4.12. The van der Waals surface area contributed by atoms with Gasteiger partial charge in [-0.3, -0.25) is 9.59 Å². The van der Waals surface area contributed by atoms with E-state index >= 15 is 0 Å². The maximum absolute atomic E-state index is 13.3. The number of amides is 2. The maximum atomic E-state index is 13.3. The van der Waals surface area contributed by atoms with Crippen LogP contribution in [0.1, 0.15) is 17.5 Å². The van der Waals surface area contributed by atoms with Crippen LogP contribution in [0.3, 0.4) is 0 Å². The van der Waals surface area contributed by atoms with Gasteiger partial charge in [0.05, 0.1) is 18.4 Å². The van der Waals surface area contributed by atoms with E-state index in [-0.39, 0.29) is 19.4 Å². The van der Waals surface area contributed by atoms with Crippen molar-refractivity contribution in [2.75, 3.05) is 6.61 Å². The van der Waals surface area contributed by atoms with E-state index in [1.165, 1.54) is 0 Å². The van der Waals surface area contributed by atoms with Gasteiger partial charge >= 0.3 is 12.1 Å². The Morgan fingerprint density at radius 2 is 1.87 bits per heavy atom. The number of thiophene rings is 1. The number of imide groups is 1. The Hall–Kier alpha value is -3.19. The SMILES string of the molecule is O=C(O)C[C@H](Cc1csc2ccccc12)C(=O)N1C(=O)OCC1Cc1ccccc1. The zero-order valence-corrected chi connectivity index (χ0v) is 17.0. The summed E-state index contributed by atoms with van der Waals surface area (Å²) in [5, 5.41) is 12.4. The minimum atomic E-state index is -1.07. The van der Waals surface area contributed by atoms with Crippen molar-refractivity contribution in [2.24, 2.45) is 5.92 Å². The summed E-state index contributed by atoms with van der Waals surface area (Å²) >= 11 is 1.56. The summed E-state index contributed by atoms with van der Waals surface area (Å²) in [6, 6.07) is 16.9. The lowest BCUT2D eigenvalue weighted by atomic mass is 9.93. The average molecular weight is 423 g/mol. The summed E-state index contributed by atoms with van der Waals surface area (Å²) in [5.41, 5.74) is 1.90. The van der Waals surface area contributed by atoms with Crippen LogP contribution in [0.15, 0.2) is 60.0 Å². The fourth-order valence-corrected chi connectivity index (χ4v) is 4.85.